The lowest BCUT2D eigenvalue weighted by Crippen LogP contribution is -2.40. The molecule has 0 bridgehead atoms. The first-order valence-corrected chi connectivity index (χ1v) is 6.91. The monoisotopic (exact) mass is 290 g/mol. The lowest BCUT2D eigenvalue weighted by Gasteiger charge is -2.27. The molecule has 1 saturated carbocycles. The van der Waals surface area contributed by atoms with Gasteiger partial charge in [0, 0.05) is 17.2 Å². The smallest absolute Gasteiger partial charge is 0.306 e. The molecule has 2 atom stereocenters. The summed E-state index contributed by atoms with van der Waals surface area (Å²) in [6, 6.07) is 6.02. The van der Waals surface area contributed by atoms with E-state index in [9.17, 15) is 14.4 Å². The summed E-state index contributed by atoms with van der Waals surface area (Å²) in [5.74, 6) is -2.12. The molecule has 6 nitrogen and oxygen atoms in total. The minimum atomic E-state index is -0.815. The maximum absolute atomic E-state index is 12.2. The minimum absolute atomic E-state index is 0.149. The summed E-state index contributed by atoms with van der Waals surface area (Å²) in [5, 5.41) is 11.9. The number of hydrogen-bond donors (Lipinski definition) is 3. The van der Waals surface area contributed by atoms with E-state index in [1.165, 1.54) is 6.07 Å². The van der Waals surface area contributed by atoms with Gasteiger partial charge in [-0.15, -0.1) is 0 Å². The molecule has 0 aliphatic heterocycles. The Kier molecular flexibility index (Phi) is 4.57. The van der Waals surface area contributed by atoms with Crippen molar-refractivity contribution in [2.45, 2.75) is 31.7 Å². The van der Waals surface area contributed by atoms with Crippen LogP contribution in [0.3, 0.4) is 0 Å². The summed E-state index contributed by atoms with van der Waals surface area (Å²) in [6.45, 7) is 0. The standard InChI is InChI=1S/C15H18N2O4/c16-13(18)9-3-1-4-10(7-9)14(19)17-12-6-2-5-11(8-12)15(20)21/h1,3-4,7,11-12H,2,5-6,8H2,(H2,16,18)(H,17,19)(H,20,21). The molecule has 21 heavy (non-hydrogen) atoms. The van der Waals surface area contributed by atoms with Crippen molar-refractivity contribution in [2.24, 2.45) is 11.7 Å². The van der Waals surface area contributed by atoms with Gasteiger partial charge in [-0.3, -0.25) is 14.4 Å². The Balaban J connectivity index is 2.02. The van der Waals surface area contributed by atoms with Crippen LogP contribution in [-0.4, -0.2) is 28.9 Å². The van der Waals surface area contributed by atoms with Crippen LogP contribution in [0.1, 0.15) is 46.4 Å². The second kappa shape index (κ2) is 6.39. The Morgan fingerprint density at radius 1 is 1.19 bits per heavy atom. The van der Waals surface area contributed by atoms with Gasteiger partial charge < -0.3 is 16.2 Å². The molecule has 2 rings (SSSR count). The van der Waals surface area contributed by atoms with Crippen molar-refractivity contribution >= 4 is 17.8 Å². The summed E-state index contributed by atoms with van der Waals surface area (Å²) in [5.41, 5.74) is 5.81. The zero-order valence-corrected chi connectivity index (χ0v) is 11.5. The second-order valence-electron chi connectivity index (χ2n) is 5.32. The lowest BCUT2D eigenvalue weighted by molar-refractivity contribution is -0.143. The van der Waals surface area contributed by atoms with Gasteiger partial charge in [-0.2, -0.15) is 0 Å². The number of primary amides is 1. The first kappa shape index (κ1) is 15.0. The highest BCUT2D eigenvalue weighted by Crippen LogP contribution is 2.24. The summed E-state index contributed by atoms with van der Waals surface area (Å²) in [6.07, 6.45) is 2.64. The number of carboxylic acid groups (broad SMARTS) is 1. The molecule has 2 amide bonds. The highest BCUT2D eigenvalue weighted by atomic mass is 16.4. The van der Waals surface area contributed by atoms with Crippen molar-refractivity contribution in [1.29, 1.82) is 0 Å². The predicted octanol–water partition coefficient (Wildman–Crippen LogP) is 1.16. The van der Waals surface area contributed by atoms with E-state index in [1.54, 1.807) is 18.2 Å². The largest absolute Gasteiger partial charge is 0.481 e. The molecular formula is C15H18N2O4. The van der Waals surface area contributed by atoms with E-state index in [0.29, 0.717) is 18.4 Å². The molecule has 0 heterocycles. The van der Waals surface area contributed by atoms with Gasteiger partial charge in [0.2, 0.25) is 5.91 Å². The van der Waals surface area contributed by atoms with Crippen LogP contribution in [0, 0.1) is 5.92 Å². The molecule has 0 saturated heterocycles. The topological polar surface area (TPSA) is 109 Å². The Hall–Kier alpha value is -2.37. The molecule has 4 N–H and O–H groups in total. The summed E-state index contributed by atoms with van der Waals surface area (Å²) in [4.78, 5) is 34.3. The van der Waals surface area contributed by atoms with E-state index < -0.39 is 17.8 Å². The van der Waals surface area contributed by atoms with E-state index in [-0.39, 0.29) is 17.5 Å². The number of carboxylic acids is 1. The van der Waals surface area contributed by atoms with Crippen LogP contribution in [0.15, 0.2) is 24.3 Å². The van der Waals surface area contributed by atoms with Crippen LogP contribution < -0.4 is 11.1 Å². The third-order valence-electron chi connectivity index (χ3n) is 3.77. The van der Waals surface area contributed by atoms with Gasteiger partial charge in [-0.05, 0) is 37.5 Å². The van der Waals surface area contributed by atoms with Crippen molar-refractivity contribution in [3.8, 4) is 0 Å². The van der Waals surface area contributed by atoms with Gasteiger partial charge in [0.15, 0.2) is 0 Å². The fraction of sp³-hybridized carbons (Fsp3) is 0.400. The fourth-order valence-electron chi connectivity index (χ4n) is 2.63. The summed E-state index contributed by atoms with van der Waals surface area (Å²) >= 11 is 0. The first-order chi connectivity index (χ1) is 9.97. The van der Waals surface area contributed by atoms with Crippen molar-refractivity contribution in [2.75, 3.05) is 0 Å². The van der Waals surface area contributed by atoms with Crippen LogP contribution in [-0.2, 0) is 4.79 Å². The minimum Gasteiger partial charge on any atom is -0.481 e. The van der Waals surface area contributed by atoms with Crippen LogP contribution in [0.25, 0.3) is 0 Å². The van der Waals surface area contributed by atoms with Gasteiger partial charge in [0.05, 0.1) is 5.92 Å². The summed E-state index contributed by atoms with van der Waals surface area (Å²) < 4.78 is 0. The third kappa shape index (κ3) is 3.81. The molecule has 6 heteroatoms. The van der Waals surface area contributed by atoms with Gasteiger partial charge in [-0.25, -0.2) is 0 Å². The lowest BCUT2D eigenvalue weighted by atomic mass is 9.85. The highest BCUT2D eigenvalue weighted by Gasteiger charge is 2.28. The molecule has 112 valence electrons. The molecule has 1 aromatic rings. The van der Waals surface area contributed by atoms with Gasteiger partial charge >= 0.3 is 5.97 Å². The average molecular weight is 290 g/mol. The zero-order valence-electron chi connectivity index (χ0n) is 11.5. The summed E-state index contributed by atoms with van der Waals surface area (Å²) in [7, 11) is 0. The normalized spacial score (nSPS) is 21.5. The third-order valence-corrected chi connectivity index (χ3v) is 3.77. The number of benzene rings is 1. The van der Waals surface area contributed by atoms with Crippen molar-refractivity contribution in [3.05, 3.63) is 35.4 Å². The maximum atomic E-state index is 12.2. The Morgan fingerprint density at radius 2 is 1.90 bits per heavy atom. The van der Waals surface area contributed by atoms with E-state index in [1.807, 2.05) is 0 Å². The van der Waals surface area contributed by atoms with Gasteiger partial charge in [0.1, 0.15) is 0 Å². The number of nitrogens with one attached hydrogen (secondary N) is 1. The second-order valence-corrected chi connectivity index (χ2v) is 5.32. The number of hydrogen-bond acceptors (Lipinski definition) is 3. The zero-order chi connectivity index (χ0) is 15.4. The quantitative estimate of drug-likeness (QED) is 0.772. The van der Waals surface area contributed by atoms with E-state index in [0.717, 1.165) is 12.8 Å². The Labute approximate surface area is 122 Å². The molecule has 0 spiro atoms. The fourth-order valence-corrected chi connectivity index (χ4v) is 2.63. The molecule has 1 aliphatic rings. The number of amides is 2. The molecular weight excluding hydrogens is 272 g/mol. The van der Waals surface area contributed by atoms with Crippen molar-refractivity contribution in [3.63, 3.8) is 0 Å². The van der Waals surface area contributed by atoms with Gasteiger partial charge in [-0.1, -0.05) is 12.5 Å². The van der Waals surface area contributed by atoms with E-state index >= 15 is 0 Å². The SMILES string of the molecule is NC(=O)c1cccc(C(=O)NC2CCCC(C(=O)O)C2)c1. The number of carbonyl (C=O) groups is 3. The Morgan fingerprint density at radius 3 is 2.57 bits per heavy atom. The molecule has 1 fully saturated rings. The highest BCUT2D eigenvalue weighted by molar-refractivity contribution is 5.99. The molecule has 0 radical (unpaired) electrons. The predicted molar refractivity (Wildman–Crippen MR) is 75.8 cm³/mol. The van der Waals surface area contributed by atoms with Gasteiger partial charge in [0.25, 0.3) is 5.91 Å². The van der Waals surface area contributed by atoms with E-state index in [4.69, 9.17) is 10.8 Å². The number of rotatable bonds is 4. The number of aliphatic carboxylic acids is 1. The molecule has 1 aromatic carbocycles. The van der Waals surface area contributed by atoms with Crippen molar-refractivity contribution < 1.29 is 19.5 Å². The molecule has 1 aliphatic carbocycles. The van der Waals surface area contributed by atoms with Crippen LogP contribution in [0.5, 0.6) is 0 Å². The Bertz CT molecular complexity index is 571. The van der Waals surface area contributed by atoms with E-state index in [2.05, 4.69) is 5.32 Å². The number of carbonyl (C=O) groups excluding carboxylic acids is 2. The average Bonchev–Trinajstić information content (AvgIpc) is 2.47. The van der Waals surface area contributed by atoms with Crippen LogP contribution in [0.2, 0.25) is 0 Å². The van der Waals surface area contributed by atoms with Crippen molar-refractivity contribution in [1.82, 2.24) is 5.32 Å². The van der Waals surface area contributed by atoms with Crippen LogP contribution in [0.4, 0.5) is 0 Å². The van der Waals surface area contributed by atoms with Crippen LogP contribution >= 0.6 is 0 Å². The molecule has 2 unspecified atom stereocenters. The maximum Gasteiger partial charge on any atom is 0.306 e. The first-order valence-electron chi connectivity index (χ1n) is 6.91. The number of nitrogens with two attached hydrogens (primary N) is 1. The molecule has 0 aromatic heterocycles.